The zero-order valence-electron chi connectivity index (χ0n) is 16.1. The Morgan fingerprint density at radius 2 is 1.86 bits per heavy atom. The predicted molar refractivity (Wildman–Crippen MR) is 108 cm³/mol. The number of fused-ring (bicyclic) bond motifs is 1. The number of unbranched alkanes of at least 4 members (excludes halogenated alkanes) is 1. The molecule has 0 aliphatic heterocycles. The number of nitrogens with two attached hydrogens (primary N) is 1. The van der Waals surface area contributed by atoms with Gasteiger partial charge in [-0.05, 0) is 49.4 Å². The lowest BCUT2D eigenvalue weighted by atomic mass is 10.2. The minimum atomic E-state index is -3.77. The molecule has 0 atom stereocenters. The van der Waals surface area contributed by atoms with Gasteiger partial charge in [-0.15, -0.1) is 0 Å². The number of aryl methyl sites for hydroxylation is 1. The first-order valence-electron chi connectivity index (χ1n) is 9.23. The van der Waals surface area contributed by atoms with Crippen molar-refractivity contribution >= 4 is 21.1 Å². The number of hydrogen-bond donors (Lipinski definition) is 1. The van der Waals surface area contributed by atoms with Crippen LogP contribution in [0.1, 0.15) is 31.2 Å². The molecule has 6 nitrogen and oxygen atoms in total. The number of hydrogen-bond acceptors (Lipinski definition) is 4. The van der Waals surface area contributed by atoms with E-state index in [1.807, 2.05) is 7.05 Å². The monoisotopic (exact) mass is 404 g/mol. The Balaban J connectivity index is 1.90. The molecule has 2 N–H and O–H groups in total. The molecule has 0 aliphatic rings. The highest BCUT2D eigenvalue weighted by Crippen LogP contribution is 2.22. The van der Waals surface area contributed by atoms with Crippen LogP contribution in [0.5, 0.6) is 0 Å². The summed E-state index contributed by atoms with van der Waals surface area (Å²) >= 11 is 0. The first-order valence-corrected chi connectivity index (χ1v) is 10.8. The van der Waals surface area contributed by atoms with Crippen LogP contribution in [0.3, 0.4) is 0 Å². The third-order valence-corrected chi connectivity index (χ3v) is 5.55. The number of aromatic nitrogens is 2. The molecule has 2 aromatic carbocycles. The molecule has 8 heteroatoms. The number of primary sulfonamides is 1. The second kappa shape index (κ2) is 8.38. The minimum absolute atomic E-state index is 0.0614. The molecular weight excluding hydrogens is 379 g/mol. The van der Waals surface area contributed by atoms with Gasteiger partial charge in [0, 0.05) is 13.1 Å². The molecule has 0 radical (unpaired) electrons. The summed E-state index contributed by atoms with van der Waals surface area (Å²) in [5, 5.41) is 5.25. The number of imidazole rings is 1. The molecule has 1 aromatic heterocycles. The summed E-state index contributed by atoms with van der Waals surface area (Å²) in [5.41, 5.74) is 2.52. The molecule has 150 valence electrons. The van der Waals surface area contributed by atoms with Gasteiger partial charge in [-0.1, -0.05) is 25.5 Å². The normalized spacial score (nSPS) is 12.2. The fourth-order valence-electron chi connectivity index (χ4n) is 3.22. The van der Waals surface area contributed by atoms with Gasteiger partial charge in [0.15, 0.2) is 0 Å². The topological polar surface area (TPSA) is 81.2 Å². The van der Waals surface area contributed by atoms with E-state index in [0.29, 0.717) is 18.6 Å². The van der Waals surface area contributed by atoms with E-state index in [-0.39, 0.29) is 10.7 Å². The third-order valence-electron chi connectivity index (χ3n) is 4.64. The Hall–Kier alpha value is -2.29. The molecule has 0 fully saturated rings. The summed E-state index contributed by atoms with van der Waals surface area (Å²) in [6.45, 7) is 4.17. The maximum Gasteiger partial charge on any atom is 0.238 e. The Kier molecular flexibility index (Phi) is 6.12. The van der Waals surface area contributed by atoms with Gasteiger partial charge >= 0.3 is 0 Å². The van der Waals surface area contributed by atoms with Gasteiger partial charge in [0.1, 0.15) is 11.6 Å². The smallest absolute Gasteiger partial charge is 0.238 e. The first kappa shape index (κ1) is 20.4. The highest BCUT2D eigenvalue weighted by atomic mass is 32.2. The summed E-state index contributed by atoms with van der Waals surface area (Å²) < 4.78 is 38.5. The Labute approximate surface area is 164 Å². The Bertz CT molecular complexity index is 1060. The fourth-order valence-corrected chi connectivity index (χ4v) is 3.76. The number of nitrogens with zero attached hydrogens (tertiary/aromatic N) is 3. The van der Waals surface area contributed by atoms with Crippen LogP contribution in [0.4, 0.5) is 4.39 Å². The van der Waals surface area contributed by atoms with E-state index in [4.69, 9.17) is 5.14 Å². The van der Waals surface area contributed by atoms with Crippen molar-refractivity contribution in [2.24, 2.45) is 5.14 Å². The van der Waals surface area contributed by atoms with Crippen LogP contribution in [0, 0.1) is 5.82 Å². The van der Waals surface area contributed by atoms with E-state index in [0.717, 1.165) is 36.3 Å². The largest absolute Gasteiger partial charge is 0.327 e. The van der Waals surface area contributed by atoms with Crippen LogP contribution in [0.15, 0.2) is 47.4 Å². The summed E-state index contributed by atoms with van der Waals surface area (Å²) in [7, 11) is -1.80. The second-order valence-electron chi connectivity index (χ2n) is 7.03. The van der Waals surface area contributed by atoms with Gasteiger partial charge in [-0.2, -0.15) is 0 Å². The maximum atomic E-state index is 13.1. The number of sulfonamides is 1. The van der Waals surface area contributed by atoms with Crippen LogP contribution in [0.2, 0.25) is 0 Å². The van der Waals surface area contributed by atoms with Crippen LogP contribution in [-0.2, 0) is 29.7 Å². The fraction of sp³-hybridized carbons (Fsp3) is 0.350. The molecule has 0 unspecified atom stereocenters. The van der Waals surface area contributed by atoms with Gasteiger partial charge in [0.2, 0.25) is 10.0 Å². The van der Waals surface area contributed by atoms with Gasteiger partial charge < -0.3 is 4.57 Å². The van der Waals surface area contributed by atoms with Crippen LogP contribution in [0.25, 0.3) is 11.0 Å². The highest BCUT2D eigenvalue weighted by Gasteiger charge is 2.16. The van der Waals surface area contributed by atoms with Gasteiger partial charge in [0.05, 0.1) is 22.5 Å². The lowest BCUT2D eigenvalue weighted by Gasteiger charge is -2.17. The van der Waals surface area contributed by atoms with E-state index in [1.165, 1.54) is 24.3 Å². The maximum absolute atomic E-state index is 13.1. The predicted octanol–water partition coefficient (Wildman–Crippen LogP) is 3.25. The molecule has 0 aliphatic carbocycles. The second-order valence-corrected chi connectivity index (χ2v) is 8.59. The molecule has 1 heterocycles. The molecule has 0 amide bonds. The average molecular weight is 405 g/mol. The molecular formula is C20H25FN4O2S. The highest BCUT2D eigenvalue weighted by molar-refractivity contribution is 7.89. The SMILES string of the molecule is CCCCn1c(CN(C)Cc2ccc(F)cc2)nc2cc(S(N)(=O)=O)ccc21. The van der Waals surface area contributed by atoms with E-state index in [2.05, 4.69) is 21.4 Å². The summed E-state index contributed by atoms with van der Waals surface area (Å²) in [5.74, 6) is 0.609. The van der Waals surface area contributed by atoms with E-state index < -0.39 is 10.0 Å². The molecule has 0 saturated carbocycles. The number of benzene rings is 2. The standard InChI is InChI=1S/C20H25FN4O2S/c1-3-4-11-25-19-10-9-17(28(22,26)27)12-18(19)23-20(25)14-24(2)13-15-5-7-16(21)8-6-15/h5-10,12H,3-4,11,13-14H2,1-2H3,(H2,22,26,27). The van der Waals surface area contributed by atoms with Crippen molar-refractivity contribution in [3.63, 3.8) is 0 Å². The number of rotatable bonds is 8. The van der Waals surface area contributed by atoms with E-state index >= 15 is 0 Å². The Morgan fingerprint density at radius 1 is 1.14 bits per heavy atom. The zero-order valence-corrected chi connectivity index (χ0v) is 16.9. The minimum Gasteiger partial charge on any atom is -0.327 e. The Morgan fingerprint density at radius 3 is 2.50 bits per heavy atom. The van der Waals surface area contributed by atoms with Crippen molar-refractivity contribution in [1.82, 2.24) is 14.5 Å². The molecule has 3 rings (SSSR count). The summed E-state index contributed by atoms with van der Waals surface area (Å²) in [6.07, 6.45) is 2.04. The summed E-state index contributed by atoms with van der Waals surface area (Å²) in [4.78, 5) is 6.83. The van der Waals surface area contributed by atoms with Crippen molar-refractivity contribution in [2.45, 2.75) is 44.3 Å². The van der Waals surface area contributed by atoms with Crippen molar-refractivity contribution < 1.29 is 12.8 Å². The lowest BCUT2D eigenvalue weighted by molar-refractivity contribution is 0.305. The van der Waals surface area contributed by atoms with Crippen LogP contribution in [-0.4, -0.2) is 29.9 Å². The zero-order chi connectivity index (χ0) is 20.3. The third kappa shape index (κ3) is 4.76. The van der Waals surface area contributed by atoms with Crippen molar-refractivity contribution in [1.29, 1.82) is 0 Å². The molecule has 0 saturated heterocycles. The molecule has 0 bridgehead atoms. The van der Waals surface area contributed by atoms with Gasteiger partial charge in [0.25, 0.3) is 0 Å². The number of halogens is 1. The average Bonchev–Trinajstić information content (AvgIpc) is 2.97. The molecule has 3 aromatic rings. The van der Waals surface area contributed by atoms with E-state index in [1.54, 1.807) is 18.2 Å². The van der Waals surface area contributed by atoms with Crippen LogP contribution >= 0.6 is 0 Å². The van der Waals surface area contributed by atoms with Crippen molar-refractivity contribution in [3.05, 3.63) is 59.7 Å². The van der Waals surface area contributed by atoms with E-state index in [9.17, 15) is 12.8 Å². The van der Waals surface area contributed by atoms with Gasteiger partial charge in [-0.25, -0.2) is 22.9 Å². The van der Waals surface area contributed by atoms with Crippen LogP contribution < -0.4 is 5.14 Å². The first-order chi connectivity index (χ1) is 13.3. The quantitative estimate of drug-likeness (QED) is 0.625. The van der Waals surface area contributed by atoms with Crippen molar-refractivity contribution in [3.8, 4) is 0 Å². The van der Waals surface area contributed by atoms with Crippen molar-refractivity contribution in [2.75, 3.05) is 7.05 Å². The summed E-state index contributed by atoms with van der Waals surface area (Å²) in [6, 6.07) is 11.3. The van der Waals surface area contributed by atoms with Gasteiger partial charge in [-0.3, -0.25) is 4.90 Å². The molecule has 28 heavy (non-hydrogen) atoms. The lowest BCUT2D eigenvalue weighted by Crippen LogP contribution is -2.20. The molecule has 0 spiro atoms.